The number of anilines is 2. The zero-order valence-corrected chi connectivity index (χ0v) is 18.0. The summed E-state index contributed by atoms with van der Waals surface area (Å²) in [7, 11) is 3.87. The molecule has 0 atom stereocenters. The van der Waals surface area contributed by atoms with Gasteiger partial charge in [-0.25, -0.2) is 14.6 Å². The van der Waals surface area contributed by atoms with E-state index >= 15 is 0 Å². The van der Waals surface area contributed by atoms with Crippen molar-refractivity contribution in [3.05, 3.63) is 58.1 Å². The van der Waals surface area contributed by atoms with Gasteiger partial charge in [0.25, 0.3) is 0 Å². The number of carbonyl (C=O) groups is 1. The molecule has 28 heavy (non-hydrogen) atoms. The number of aromatic nitrogens is 4. The molecule has 0 aliphatic heterocycles. The average molecular weight is 443 g/mol. The molecule has 0 aliphatic rings. The van der Waals surface area contributed by atoms with Gasteiger partial charge in [0, 0.05) is 42.4 Å². The van der Waals surface area contributed by atoms with Gasteiger partial charge in [-0.05, 0) is 44.0 Å². The Bertz CT molecular complexity index is 998. The van der Waals surface area contributed by atoms with Crippen LogP contribution in [-0.2, 0) is 11.2 Å². The fourth-order valence-corrected chi connectivity index (χ4v) is 3.38. The van der Waals surface area contributed by atoms with Crippen molar-refractivity contribution in [3.8, 4) is 5.82 Å². The van der Waals surface area contributed by atoms with Gasteiger partial charge in [0.15, 0.2) is 5.82 Å². The largest absolute Gasteiger partial charge is 0.363 e. The monoisotopic (exact) mass is 442 g/mol. The van der Waals surface area contributed by atoms with Crippen LogP contribution in [0.3, 0.4) is 0 Å². The molecule has 0 radical (unpaired) electrons. The lowest BCUT2D eigenvalue weighted by Gasteiger charge is -2.12. The summed E-state index contributed by atoms with van der Waals surface area (Å²) < 4.78 is 2.74. The van der Waals surface area contributed by atoms with Crippen LogP contribution in [0.25, 0.3) is 5.82 Å². The van der Waals surface area contributed by atoms with E-state index in [9.17, 15) is 4.79 Å². The molecule has 146 valence electrons. The third kappa shape index (κ3) is 4.56. The molecule has 3 rings (SSSR count). The van der Waals surface area contributed by atoms with Crippen molar-refractivity contribution < 1.29 is 4.79 Å². The number of rotatable bonds is 6. The van der Waals surface area contributed by atoms with E-state index in [2.05, 4.69) is 36.3 Å². The molecule has 2 aromatic heterocycles. The van der Waals surface area contributed by atoms with E-state index in [0.29, 0.717) is 18.7 Å². The molecule has 0 saturated heterocycles. The van der Waals surface area contributed by atoms with Gasteiger partial charge >= 0.3 is 0 Å². The summed E-state index contributed by atoms with van der Waals surface area (Å²) >= 11 is 3.41. The van der Waals surface area contributed by atoms with Crippen LogP contribution in [0.1, 0.15) is 23.4 Å². The molecule has 0 unspecified atom stereocenters. The lowest BCUT2D eigenvalue weighted by molar-refractivity contribution is -0.116. The molecular weight excluding hydrogens is 420 g/mol. The first-order valence-electron chi connectivity index (χ1n) is 8.95. The highest BCUT2D eigenvalue weighted by molar-refractivity contribution is 9.10. The third-order valence-electron chi connectivity index (χ3n) is 4.47. The van der Waals surface area contributed by atoms with Crippen molar-refractivity contribution in [2.75, 3.05) is 24.3 Å². The lowest BCUT2D eigenvalue weighted by Crippen LogP contribution is -2.13. The van der Waals surface area contributed by atoms with Gasteiger partial charge in [-0.1, -0.05) is 22.0 Å². The first kappa shape index (κ1) is 20.0. The van der Waals surface area contributed by atoms with Crippen molar-refractivity contribution in [1.29, 1.82) is 0 Å². The zero-order chi connectivity index (χ0) is 20.3. The predicted molar refractivity (Wildman–Crippen MR) is 114 cm³/mol. The Hall–Kier alpha value is -2.74. The molecule has 3 aromatic rings. The number of aryl methyl sites for hydroxylation is 1. The minimum Gasteiger partial charge on any atom is -0.363 e. The Labute approximate surface area is 172 Å². The average Bonchev–Trinajstić information content (AvgIpc) is 2.94. The zero-order valence-electron chi connectivity index (χ0n) is 16.4. The Morgan fingerprint density at radius 1 is 1.21 bits per heavy atom. The normalized spacial score (nSPS) is 10.8. The topological polar surface area (TPSA) is 75.9 Å². The van der Waals surface area contributed by atoms with Crippen molar-refractivity contribution >= 4 is 33.3 Å². The number of amides is 1. The van der Waals surface area contributed by atoms with E-state index in [-0.39, 0.29) is 5.91 Å². The molecule has 0 aliphatic carbocycles. The fourth-order valence-electron chi connectivity index (χ4n) is 2.99. The molecule has 2 heterocycles. The number of hydrogen-bond donors (Lipinski definition) is 1. The maximum atomic E-state index is 12.3. The molecule has 1 aromatic carbocycles. The molecule has 1 N–H and O–H groups in total. The number of halogens is 1. The summed E-state index contributed by atoms with van der Waals surface area (Å²) in [5, 5.41) is 7.55. The first-order chi connectivity index (χ1) is 13.3. The van der Waals surface area contributed by atoms with Crippen molar-refractivity contribution in [1.82, 2.24) is 19.7 Å². The maximum absolute atomic E-state index is 12.3. The fraction of sp³-hybridized carbons (Fsp3) is 0.300. The second kappa shape index (κ2) is 8.52. The minimum atomic E-state index is -0.0263. The van der Waals surface area contributed by atoms with Gasteiger partial charge in [-0.15, -0.1) is 0 Å². The number of nitrogens with one attached hydrogen (secondary N) is 1. The smallest absolute Gasteiger partial charge is 0.224 e. The van der Waals surface area contributed by atoms with Gasteiger partial charge in [0.2, 0.25) is 5.91 Å². The summed E-state index contributed by atoms with van der Waals surface area (Å²) in [6, 6.07) is 9.45. The summed E-state index contributed by atoms with van der Waals surface area (Å²) in [6.07, 6.45) is 2.53. The molecular formula is C20H23BrN6O. The number of carbonyl (C=O) groups excluding carboxylic acids is 1. The molecule has 0 bridgehead atoms. The molecule has 0 spiro atoms. The molecule has 7 nitrogen and oxygen atoms in total. The summed E-state index contributed by atoms with van der Waals surface area (Å²) in [4.78, 5) is 22.8. The highest BCUT2D eigenvalue weighted by Crippen LogP contribution is 2.21. The number of benzene rings is 1. The second-order valence-electron chi connectivity index (χ2n) is 6.75. The van der Waals surface area contributed by atoms with Gasteiger partial charge < -0.3 is 10.2 Å². The van der Waals surface area contributed by atoms with E-state index in [1.807, 2.05) is 67.9 Å². The van der Waals surface area contributed by atoms with Gasteiger partial charge in [-0.3, -0.25) is 4.79 Å². The molecule has 0 saturated carbocycles. The summed E-state index contributed by atoms with van der Waals surface area (Å²) in [5.41, 5.74) is 3.73. The SMILES string of the molecule is Cc1nn(-c2cc(N(C)C)ncn2)c(C)c1CCC(=O)Nc1cccc(Br)c1. The number of hydrogen-bond acceptors (Lipinski definition) is 5. The van der Waals surface area contributed by atoms with Crippen LogP contribution in [-0.4, -0.2) is 39.8 Å². The van der Waals surface area contributed by atoms with Crippen LogP contribution in [0.2, 0.25) is 0 Å². The highest BCUT2D eigenvalue weighted by Gasteiger charge is 2.15. The van der Waals surface area contributed by atoms with E-state index in [1.165, 1.54) is 6.33 Å². The van der Waals surface area contributed by atoms with E-state index in [0.717, 1.165) is 32.9 Å². The molecule has 1 amide bonds. The van der Waals surface area contributed by atoms with E-state index in [4.69, 9.17) is 0 Å². The molecule has 0 fully saturated rings. The Morgan fingerprint density at radius 2 is 2.00 bits per heavy atom. The lowest BCUT2D eigenvalue weighted by atomic mass is 10.1. The van der Waals surface area contributed by atoms with E-state index < -0.39 is 0 Å². The first-order valence-corrected chi connectivity index (χ1v) is 9.74. The Balaban J connectivity index is 1.73. The Morgan fingerprint density at radius 3 is 2.71 bits per heavy atom. The van der Waals surface area contributed by atoms with Crippen LogP contribution in [0.4, 0.5) is 11.5 Å². The van der Waals surface area contributed by atoms with Crippen LogP contribution >= 0.6 is 15.9 Å². The minimum absolute atomic E-state index is 0.0263. The standard InChI is InChI=1S/C20H23BrN6O/c1-13-17(8-9-20(28)24-16-7-5-6-15(21)10-16)14(2)27(25-13)19-11-18(26(3)4)22-12-23-19/h5-7,10-12H,8-9H2,1-4H3,(H,24,28). The summed E-state index contributed by atoms with van der Waals surface area (Å²) in [5.74, 6) is 1.50. The van der Waals surface area contributed by atoms with Crippen LogP contribution in [0.15, 0.2) is 41.1 Å². The van der Waals surface area contributed by atoms with Crippen LogP contribution in [0, 0.1) is 13.8 Å². The Kier molecular flexibility index (Phi) is 6.08. The van der Waals surface area contributed by atoms with Gasteiger partial charge in [-0.2, -0.15) is 5.10 Å². The van der Waals surface area contributed by atoms with Crippen molar-refractivity contribution in [2.45, 2.75) is 26.7 Å². The maximum Gasteiger partial charge on any atom is 0.224 e. The van der Waals surface area contributed by atoms with Crippen molar-refractivity contribution in [3.63, 3.8) is 0 Å². The molecule has 8 heteroatoms. The highest BCUT2D eigenvalue weighted by atomic mass is 79.9. The van der Waals surface area contributed by atoms with E-state index in [1.54, 1.807) is 0 Å². The predicted octanol–water partition coefficient (Wildman–Crippen LogP) is 3.68. The third-order valence-corrected chi connectivity index (χ3v) is 4.96. The van der Waals surface area contributed by atoms with Crippen LogP contribution < -0.4 is 10.2 Å². The quantitative estimate of drug-likeness (QED) is 0.629. The van der Waals surface area contributed by atoms with Crippen LogP contribution in [0.5, 0.6) is 0 Å². The summed E-state index contributed by atoms with van der Waals surface area (Å²) in [6.45, 7) is 3.96. The second-order valence-corrected chi connectivity index (χ2v) is 7.66. The van der Waals surface area contributed by atoms with Gasteiger partial charge in [0.05, 0.1) is 5.69 Å². The number of nitrogens with zero attached hydrogens (tertiary/aromatic N) is 5. The van der Waals surface area contributed by atoms with Crippen molar-refractivity contribution in [2.24, 2.45) is 0 Å². The van der Waals surface area contributed by atoms with Gasteiger partial charge in [0.1, 0.15) is 12.1 Å².